The van der Waals surface area contributed by atoms with Gasteiger partial charge in [-0.1, -0.05) is 55.4 Å². The summed E-state index contributed by atoms with van der Waals surface area (Å²) in [5.74, 6) is -0.0798. The summed E-state index contributed by atoms with van der Waals surface area (Å²) in [4.78, 5) is 56.0. The summed E-state index contributed by atoms with van der Waals surface area (Å²) in [6, 6.07) is 19.7. The number of aromatic nitrogens is 5. The van der Waals surface area contributed by atoms with Crippen molar-refractivity contribution in [1.29, 1.82) is 0 Å². The Bertz CT molecular complexity index is 2590. The molecule has 0 aliphatic carbocycles. The lowest BCUT2D eigenvalue weighted by molar-refractivity contribution is -0.141. The number of β-amino-alcohol motifs (C(OH)–C–C–N with tert-alkyl or cyclic N) is 1. The number of piperidine rings is 1. The molecule has 62 heavy (non-hydrogen) atoms. The number of carbonyl (C=O) groups excluding carboxylic acids is 3. The van der Waals surface area contributed by atoms with Crippen LogP contribution in [0, 0.1) is 18.8 Å². The van der Waals surface area contributed by atoms with Gasteiger partial charge in [0.2, 0.25) is 17.7 Å². The van der Waals surface area contributed by atoms with Crippen molar-refractivity contribution in [3.05, 3.63) is 95.0 Å². The third-order valence-electron chi connectivity index (χ3n) is 12.8. The fraction of sp³-hybridized carbons (Fsp3) is 0.413. The van der Waals surface area contributed by atoms with Crippen molar-refractivity contribution in [1.82, 2.24) is 40.4 Å². The van der Waals surface area contributed by atoms with Crippen LogP contribution >= 0.6 is 11.3 Å². The first-order chi connectivity index (χ1) is 29.9. The van der Waals surface area contributed by atoms with E-state index in [1.807, 2.05) is 86.6 Å². The Balaban J connectivity index is 0.784. The molecule has 2 aromatic carbocycles. The van der Waals surface area contributed by atoms with Crippen LogP contribution < -0.4 is 10.2 Å². The largest absolute Gasteiger partial charge is 0.507 e. The molecule has 0 bridgehead atoms. The number of rotatable bonds is 11. The minimum atomic E-state index is -0.831. The van der Waals surface area contributed by atoms with Crippen molar-refractivity contribution in [2.75, 3.05) is 37.6 Å². The van der Waals surface area contributed by atoms with E-state index in [1.54, 1.807) is 23.5 Å². The maximum absolute atomic E-state index is 14.3. The van der Waals surface area contributed by atoms with E-state index in [4.69, 9.17) is 4.52 Å². The minimum absolute atomic E-state index is 0.0515. The van der Waals surface area contributed by atoms with Gasteiger partial charge in [0, 0.05) is 73.7 Å². The second kappa shape index (κ2) is 17.0. The second-order valence-corrected chi connectivity index (χ2v) is 18.2. The molecule has 16 heteroatoms. The first-order valence-electron chi connectivity index (χ1n) is 21.4. The predicted molar refractivity (Wildman–Crippen MR) is 234 cm³/mol. The summed E-state index contributed by atoms with van der Waals surface area (Å²) in [6.45, 7) is 10.3. The van der Waals surface area contributed by atoms with Gasteiger partial charge < -0.3 is 39.7 Å². The molecule has 0 spiro atoms. The quantitative estimate of drug-likeness (QED) is 0.116. The normalized spacial score (nSPS) is 19.5. The number of likely N-dealkylation sites (tertiary alicyclic amines) is 2. The monoisotopic (exact) mass is 857 g/mol. The topological polar surface area (TPSA) is 194 Å². The van der Waals surface area contributed by atoms with Gasteiger partial charge in [-0.05, 0) is 68.0 Å². The Morgan fingerprint density at radius 3 is 2.44 bits per heavy atom. The Kier molecular flexibility index (Phi) is 11.3. The van der Waals surface area contributed by atoms with E-state index in [0.29, 0.717) is 67.5 Å². The number of H-pyrrole nitrogens is 1. The van der Waals surface area contributed by atoms with Gasteiger partial charge in [0.1, 0.15) is 17.7 Å². The van der Waals surface area contributed by atoms with Crippen LogP contribution in [-0.2, 0) is 14.4 Å². The van der Waals surface area contributed by atoms with Crippen LogP contribution in [0.5, 0.6) is 5.75 Å². The van der Waals surface area contributed by atoms with Gasteiger partial charge >= 0.3 is 0 Å². The zero-order valence-corrected chi connectivity index (χ0v) is 36.0. The number of aliphatic hydroxyl groups excluding tert-OH is 1. The van der Waals surface area contributed by atoms with E-state index in [1.165, 1.54) is 4.90 Å². The number of hydrogen-bond acceptors (Lipinski definition) is 12. The van der Waals surface area contributed by atoms with Crippen molar-refractivity contribution in [2.45, 2.75) is 77.0 Å². The van der Waals surface area contributed by atoms with Crippen LogP contribution in [0.15, 0.2) is 76.8 Å². The van der Waals surface area contributed by atoms with Crippen molar-refractivity contribution < 1.29 is 29.1 Å². The van der Waals surface area contributed by atoms with E-state index >= 15 is 0 Å². The maximum atomic E-state index is 14.3. The Morgan fingerprint density at radius 1 is 0.968 bits per heavy atom. The summed E-state index contributed by atoms with van der Waals surface area (Å²) in [6.07, 6.45) is 0.656. The number of aromatic amines is 1. The van der Waals surface area contributed by atoms with Crippen LogP contribution in [-0.4, -0.2) is 108 Å². The Labute approximate surface area is 363 Å². The van der Waals surface area contributed by atoms with Crippen LogP contribution in [0.4, 0.5) is 5.82 Å². The van der Waals surface area contributed by atoms with Gasteiger partial charge in [-0.2, -0.15) is 0 Å². The number of aromatic hydroxyl groups is 1. The molecule has 6 aromatic rings. The lowest BCUT2D eigenvalue weighted by Gasteiger charge is -2.42. The number of aryl methyl sites for hydroxylation is 1. The Hall–Kier alpha value is -6.13. The third-order valence-corrected chi connectivity index (χ3v) is 13.8. The van der Waals surface area contributed by atoms with Crippen molar-refractivity contribution >= 4 is 45.9 Å². The van der Waals surface area contributed by atoms with Gasteiger partial charge in [-0.3, -0.25) is 14.4 Å². The van der Waals surface area contributed by atoms with Crippen LogP contribution in [0.2, 0.25) is 0 Å². The maximum Gasteiger partial charge on any atom is 0.243 e. The molecule has 7 heterocycles. The zero-order chi connectivity index (χ0) is 43.2. The highest BCUT2D eigenvalue weighted by atomic mass is 32.1. The van der Waals surface area contributed by atoms with E-state index in [9.17, 15) is 24.6 Å². The molecule has 3 aliphatic heterocycles. The lowest BCUT2D eigenvalue weighted by atomic mass is 9.90. The summed E-state index contributed by atoms with van der Waals surface area (Å²) in [5, 5.41) is 38.0. The first-order valence-corrected chi connectivity index (χ1v) is 22.2. The molecule has 0 saturated carbocycles. The lowest BCUT2D eigenvalue weighted by Crippen LogP contribution is -2.52. The van der Waals surface area contributed by atoms with Crippen molar-refractivity contribution in [3.63, 3.8) is 0 Å². The highest BCUT2D eigenvalue weighted by Crippen LogP contribution is 2.37. The molecule has 15 nitrogen and oxygen atoms in total. The molecule has 3 amide bonds. The average molecular weight is 858 g/mol. The zero-order valence-electron chi connectivity index (χ0n) is 35.2. The van der Waals surface area contributed by atoms with Gasteiger partial charge in [-0.15, -0.1) is 21.5 Å². The molecular formula is C46H51N9O6S. The number of aliphatic hydroxyl groups is 1. The van der Waals surface area contributed by atoms with E-state index in [2.05, 4.69) is 41.6 Å². The molecule has 4 N–H and O–H groups in total. The van der Waals surface area contributed by atoms with Gasteiger partial charge in [-0.25, -0.2) is 4.98 Å². The number of phenolic OH excluding ortho intramolecular Hbond substituents is 1. The number of amides is 3. The molecule has 0 radical (unpaired) electrons. The molecule has 3 fully saturated rings. The molecular weight excluding hydrogens is 807 g/mol. The summed E-state index contributed by atoms with van der Waals surface area (Å²) in [5.41, 5.74) is 7.70. The number of hydrogen-bond donors (Lipinski definition) is 4. The summed E-state index contributed by atoms with van der Waals surface area (Å²) >= 11 is 1.59. The first kappa shape index (κ1) is 41.2. The average Bonchev–Trinajstić information content (AvgIpc) is 4.07. The molecule has 4 aromatic heterocycles. The highest BCUT2D eigenvalue weighted by molar-refractivity contribution is 7.13. The summed E-state index contributed by atoms with van der Waals surface area (Å²) < 4.78 is 5.86. The molecule has 9 rings (SSSR count). The van der Waals surface area contributed by atoms with Gasteiger partial charge in [0.15, 0.2) is 17.2 Å². The van der Waals surface area contributed by atoms with Gasteiger partial charge in [0.25, 0.3) is 0 Å². The number of phenols is 1. The van der Waals surface area contributed by atoms with Crippen molar-refractivity contribution in [3.8, 4) is 27.4 Å². The fourth-order valence-corrected chi connectivity index (χ4v) is 9.97. The number of nitrogens with one attached hydrogen (secondary N) is 2. The van der Waals surface area contributed by atoms with Crippen molar-refractivity contribution in [2.24, 2.45) is 11.8 Å². The smallest absolute Gasteiger partial charge is 0.243 e. The number of para-hydroxylation sites is 1. The third kappa shape index (κ3) is 8.04. The Morgan fingerprint density at radius 2 is 1.73 bits per heavy atom. The van der Waals surface area contributed by atoms with Crippen LogP contribution in [0.3, 0.4) is 0 Å². The number of carbonyl (C=O) groups is 3. The molecule has 3 aliphatic rings. The molecule has 0 unspecified atom stereocenters. The number of thiazole rings is 1. The van der Waals surface area contributed by atoms with Crippen LogP contribution in [0.25, 0.3) is 32.7 Å². The molecule has 3 saturated heterocycles. The number of benzene rings is 2. The summed E-state index contributed by atoms with van der Waals surface area (Å²) in [7, 11) is 0. The second-order valence-electron chi connectivity index (χ2n) is 17.3. The highest BCUT2D eigenvalue weighted by Gasteiger charge is 2.44. The predicted octanol–water partition coefficient (Wildman–Crippen LogP) is 6.17. The number of fused-ring (bicyclic) bond motifs is 1. The minimum Gasteiger partial charge on any atom is -0.507 e. The number of nitrogens with zero attached hydrogens (tertiary/aromatic N) is 7. The number of anilines is 1. The van der Waals surface area contributed by atoms with E-state index in [0.717, 1.165) is 32.8 Å². The van der Waals surface area contributed by atoms with E-state index in [-0.39, 0.29) is 60.2 Å². The fourth-order valence-electron chi connectivity index (χ4n) is 9.15. The van der Waals surface area contributed by atoms with Gasteiger partial charge in [0.05, 0.1) is 33.9 Å². The SMILES string of the molecule is Cc1ncsc1-c1ccc([C@H](C)NC(=O)[C@@H]2C[C@@H](O)CN2C(=O)[C@@H](c2cc(N3CCC(C(=O)N4CC(c5cc6cc(-c7ccccc7O)nnc6[nH]5)C4)CC3)no2)C(C)C)cc1. The molecule has 322 valence electrons. The van der Waals surface area contributed by atoms with E-state index < -0.39 is 18.1 Å². The van der Waals surface area contributed by atoms with Crippen LogP contribution in [0.1, 0.15) is 80.6 Å². The molecule has 4 atom stereocenters. The standard InChI is InChI=1S/C46H51N9O6S/c1-25(2)41(46(60)55-23-33(56)19-37(55)44(58)48-26(3)28-9-11-29(12-10-28)42-27(4)47-24-62-42)39-20-40(52-61-39)53-15-13-30(14-16-53)45(59)54-21-32(22-54)35-17-31-18-36(50-51-43(31)49-35)34-7-5-6-8-38(34)57/h5-12,17-18,20,24-26,30,32-33,37,41,56-57H,13-16,19,21-23H2,1-4H3,(H,48,58)(H,49,51)/t26-,33+,37-,41+/m0/s1.